The largest absolute Gasteiger partial charge is 0.494 e. The van der Waals surface area contributed by atoms with Gasteiger partial charge in [-0.25, -0.2) is 0 Å². The molecule has 0 saturated carbocycles. The molecule has 0 bridgehead atoms. The number of carbonyl (C=O) groups excluding carboxylic acids is 1. The molecule has 0 aliphatic heterocycles. The predicted molar refractivity (Wildman–Crippen MR) is 128 cm³/mol. The standard InChI is InChI=1S/C25H24N4O2S/c1-3-31-22-14-12-21(13-15-22)29-24(19-9-7-8-18(2)16-19)27-28-25(29)32-17-23(30)26-20-10-5-4-6-11-20/h4-16H,3,17H2,1-2H3,(H,26,30). The molecule has 0 aliphatic rings. The molecule has 1 heterocycles. The number of aromatic nitrogens is 3. The van der Waals surface area contributed by atoms with Crippen LogP contribution in [0.3, 0.4) is 0 Å². The Balaban J connectivity index is 1.62. The van der Waals surface area contributed by atoms with Gasteiger partial charge in [-0.2, -0.15) is 0 Å². The van der Waals surface area contributed by atoms with Crippen molar-refractivity contribution in [3.05, 3.63) is 84.4 Å². The van der Waals surface area contributed by atoms with Gasteiger partial charge in [0.25, 0.3) is 0 Å². The van der Waals surface area contributed by atoms with Crippen molar-refractivity contribution in [2.24, 2.45) is 0 Å². The smallest absolute Gasteiger partial charge is 0.234 e. The Hall–Kier alpha value is -3.58. The van der Waals surface area contributed by atoms with Crippen LogP contribution < -0.4 is 10.1 Å². The number of nitrogens with one attached hydrogen (secondary N) is 1. The Morgan fingerprint density at radius 2 is 1.78 bits per heavy atom. The fourth-order valence-electron chi connectivity index (χ4n) is 3.27. The highest BCUT2D eigenvalue weighted by Crippen LogP contribution is 2.29. The number of para-hydroxylation sites is 1. The SMILES string of the molecule is CCOc1ccc(-n2c(SCC(=O)Nc3ccccc3)nnc2-c2cccc(C)c2)cc1. The number of thioether (sulfide) groups is 1. The van der Waals surface area contributed by atoms with Gasteiger partial charge in [0.15, 0.2) is 11.0 Å². The number of ether oxygens (including phenoxy) is 1. The van der Waals surface area contributed by atoms with E-state index in [1.807, 2.05) is 91.2 Å². The van der Waals surface area contributed by atoms with Gasteiger partial charge in [-0.3, -0.25) is 9.36 Å². The summed E-state index contributed by atoms with van der Waals surface area (Å²) in [6, 6.07) is 25.3. The van der Waals surface area contributed by atoms with Gasteiger partial charge in [-0.1, -0.05) is 53.7 Å². The van der Waals surface area contributed by atoms with E-state index in [0.717, 1.165) is 34.1 Å². The number of rotatable bonds is 8. The highest BCUT2D eigenvalue weighted by molar-refractivity contribution is 7.99. The van der Waals surface area contributed by atoms with Gasteiger partial charge in [0.2, 0.25) is 5.91 Å². The molecule has 0 spiro atoms. The van der Waals surface area contributed by atoms with Gasteiger partial charge in [0.1, 0.15) is 5.75 Å². The minimum Gasteiger partial charge on any atom is -0.494 e. The first-order valence-corrected chi connectivity index (χ1v) is 11.4. The lowest BCUT2D eigenvalue weighted by atomic mass is 10.1. The first-order chi connectivity index (χ1) is 15.6. The Kier molecular flexibility index (Phi) is 6.87. The molecular weight excluding hydrogens is 420 g/mol. The van der Waals surface area contributed by atoms with E-state index < -0.39 is 0 Å². The Bertz CT molecular complexity index is 1190. The summed E-state index contributed by atoms with van der Waals surface area (Å²) in [7, 11) is 0. The van der Waals surface area contributed by atoms with Crippen molar-refractivity contribution in [2.45, 2.75) is 19.0 Å². The highest BCUT2D eigenvalue weighted by atomic mass is 32.2. The molecule has 32 heavy (non-hydrogen) atoms. The molecule has 0 aliphatic carbocycles. The van der Waals surface area contributed by atoms with Gasteiger partial charge < -0.3 is 10.1 Å². The normalized spacial score (nSPS) is 10.7. The second kappa shape index (κ2) is 10.2. The van der Waals surface area contributed by atoms with Gasteiger partial charge in [0, 0.05) is 16.9 Å². The summed E-state index contributed by atoms with van der Waals surface area (Å²) in [5.41, 5.74) is 3.78. The molecule has 4 rings (SSSR count). The second-order valence-electron chi connectivity index (χ2n) is 7.14. The van der Waals surface area contributed by atoms with Gasteiger partial charge >= 0.3 is 0 Å². The van der Waals surface area contributed by atoms with Crippen LogP contribution in [0.15, 0.2) is 84.0 Å². The third-order valence-electron chi connectivity index (χ3n) is 4.71. The zero-order chi connectivity index (χ0) is 22.3. The summed E-state index contributed by atoms with van der Waals surface area (Å²) in [5.74, 6) is 1.65. The summed E-state index contributed by atoms with van der Waals surface area (Å²) in [6.07, 6.45) is 0. The molecule has 0 fully saturated rings. The lowest BCUT2D eigenvalue weighted by Gasteiger charge is -2.12. The molecule has 7 heteroatoms. The molecule has 0 radical (unpaired) electrons. The summed E-state index contributed by atoms with van der Waals surface area (Å²) < 4.78 is 7.55. The van der Waals surface area contributed by atoms with Crippen molar-refractivity contribution in [3.8, 4) is 22.8 Å². The minimum absolute atomic E-state index is 0.0976. The number of benzene rings is 3. The maximum Gasteiger partial charge on any atom is 0.234 e. The lowest BCUT2D eigenvalue weighted by Crippen LogP contribution is -2.14. The molecule has 4 aromatic rings. The molecule has 6 nitrogen and oxygen atoms in total. The van der Waals surface area contributed by atoms with E-state index in [1.165, 1.54) is 11.8 Å². The van der Waals surface area contributed by atoms with Crippen molar-refractivity contribution in [3.63, 3.8) is 0 Å². The Labute approximate surface area is 191 Å². The molecular formula is C25H24N4O2S. The van der Waals surface area contributed by atoms with E-state index in [9.17, 15) is 4.79 Å². The topological polar surface area (TPSA) is 69.0 Å². The first kappa shape index (κ1) is 21.6. The van der Waals surface area contributed by atoms with Crippen LogP contribution in [0.4, 0.5) is 5.69 Å². The van der Waals surface area contributed by atoms with E-state index in [2.05, 4.69) is 21.6 Å². The quantitative estimate of drug-likeness (QED) is 0.370. The number of anilines is 1. The molecule has 1 amide bonds. The average molecular weight is 445 g/mol. The van der Waals surface area contributed by atoms with Gasteiger partial charge in [-0.15, -0.1) is 10.2 Å². The van der Waals surface area contributed by atoms with Crippen LogP contribution >= 0.6 is 11.8 Å². The molecule has 0 saturated heterocycles. The van der Waals surface area contributed by atoms with Crippen molar-refractivity contribution >= 4 is 23.4 Å². The molecule has 0 unspecified atom stereocenters. The Morgan fingerprint density at radius 1 is 1.00 bits per heavy atom. The van der Waals surface area contributed by atoms with Crippen molar-refractivity contribution < 1.29 is 9.53 Å². The predicted octanol–water partition coefficient (Wildman–Crippen LogP) is 5.37. The Morgan fingerprint density at radius 3 is 2.50 bits per heavy atom. The number of aryl methyl sites for hydroxylation is 1. The summed E-state index contributed by atoms with van der Waals surface area (Å²) in [6.45, 7) is 4.61. The summed E-state index contributed by atoms with van der Waals surface area (Å²) in [4.78, 5) is 12.5. The fraction of sp³-hybridized carbons (Fsp3) is 0.160. The monoisotopic (exact) mass is 444 g/mol. The number of hydrogen-bond donors (Lipinski definition) is 1. The van der Waals surface area contributed by atoms with Gasteiger partial charge in [0.05, 0.1) is 12.4 Å². The van der Waals surface area contributed by atoms with Crippen molar-refractivity contribution in [1.82, 2.24) is 14.8 Å². The second-order valence-corrected chi connectivity index (χ2v) is 8.08. The van der Waals surface area contributed by atoms with Crippen LogP contribution in [0.2, 0.25) is 0 Å². The lowest BCUT2D eigenvalue weighted by molar-refractivity contribution is -0.113. The van der Waals surface area contributed by atoms with E-state index in [0.29, 0.717) is 11.8 Å². The molecule has 162 valence electrons. The maximum atomic E-state index is 12.5. The van der Waals surface area contributed by atoms with Crippen molar-refractivity contribution in [1.29, 1.82) is 0 Å². The molecule has 0 atom stereocenters. The van der Waals surface area contributed by atoms with Gasteiger partial charge in [-0.05, 0) is 56.3 Å². The van der Waals surface area contributed by atoms with Crippen LogP contribution in [0.5, 0.6) is 5.75 Å². The van der Waals surface area contributed by atoms with E-state index in [-0.39, 0.29) is 11.7 Å². The van der Waals surface area contributed by atoms with Crippen LogP contribution in [-0.4, -0.2) is 33.0 Å². The average Bonchev–Trinajstić information content (AvgIpc) is 3.23. The van der Waals surface area contributed by atoms with Crippen LogP contribution in [0.25, 0.3) is 17.1 Å². The molecule has 1 N–H and O–H groups in total. The maximum absolute atomic E-state index is 12.5. The number of carbonyl (C=O) groups is 1. The first-order valence-electron chi connectivity index (χ1n) is 10.4. The molecule has 3 aromatic carbocycles. The van der Waals surface area contributed by atoms with E-state index in [1.54, 1.807) is 0 Å². The van der Waals surface area contributed by atoms with Crippen LogP contribution in [-0.2, 0) is 4.79 Å². The van der Waals surface area contributed by atoms with E-state index in [4.69, 9.17) is 4.74 Å². The highest BCUT2D eigenvalue weighted by Gasteiger charge is 2.17. The summed E-state index contributed by atoms with van der Waals surface area (Å²) >= 11 is 1.35. The zero-order valence-corrected chi connectivity index (χ0v) is 18.8. The number of nitrogens with zero attached hydrogens (tertiary/aromatic N) is 3. The molecule has 1 aromatic heterocycles. The van der Waals surface area contributed by atoms with Crippen LogP contribution in [0.1, 0.15) is 12.5 Å². The number of amides is 1. The summed E-state index contributed by atoms with van der Waals surface area (Å²) in [5, 5.41) is 12.4. The zero-order valence-electron chi connectivity index (χ0n) is 18.0. The van der Waals surface area contributed by atoms with Crippen molar-refractivity contribution in [2.75, 3.05) is 17.7 Å². The van der Waals surface area contributed by atoms with Crippen LogP contribution in [0, 0.1) is 6.92 Å². The number of hydrogen-bond acceptors (Lipinski definition) is 5. The fourth-order valence-corrected chi connectivity index (χ4v) is 4.03. The minimum atomic E-state index is -0.0976. The van der Waals surface area contributed by atoms with E-state index >= 15 is 0 Å². The third-order valence-corrected chi connectivity index (χ3v) is 5.63. The third kappa shape index (κ3) is 5.18.